The zero-order chi connectivity index (χ0) is 19.6. The van der Waals surface area contributed by atoms with Gasteiger partial charge in [-0.1, -0.05) is 19.9 Å². The lowest BCUT2D eigenvalue weighted by Gasteiger charge is -2.36. The van der Waals surface area contributed by atoms with Crippen LogP contribution in [-0.4, -0.2) is 19.0 Å². The molecule has 0 atom stereocenters. The van der Waals surface area contributed by atoms with Gasteiger partial charge in [0.25, 0.3) is 0 Å². The van der Waals surface area contributed by atoms with Crippen molar-refractivity contribution in [3.8, 4) is 0 Å². The van der Waals surface area contributed by atoms with E-state index in [2.05, 4.69) is 13.8 Å². The number of allylic oxidation sites excluding steroid dienone is 1. The first kappa shape index (κ1) is 19.7. The Kier molecular flexibility index (Phi) is 5.73. The summed E-state index contributed by atoms with van der Waals surface area (Å²) in [6, 6.07) is 5.57. The van der Waals surface area contributed by atoms with Gasteiger partial charge < -0.3 is 9.47 Å². The number of carbonyl (C=O) groups is 2. The van der Waals surface area contributed by atoms with Crippen LogP contribution in [0.5, 0.6) is 0 Å². The summed E-state index contributed by atoms with van der Waals surface area (Å²) in [4.78, 5) is 23.8. The summed E-state index contributed by atoms with van der Waals surface area (Å²) in [6.45, 7) is 6.13. The third kappa shape index (κ3) is 4.42. The molecule has 0 unspecified atom stereocenters. The molecule has 0 bridgehead atoms. The molecule has 0 aromatic heterocycles. The fraction of sp³-hybridized carbons (Fsp3) is 0.565. The minimum atomic E-state index is -0.338. The van der Waals surface area contributed by atoms with E-state index in [0.29, 0.717) is 16.9 Å². The van der Waals surface area contributed by atoms with Crippen molar-refractivity contribution in [2.45, 2.75) is 65.7 Å². The Bertz CT molecular complexity index is 763. The average molecular weight is 370 g/mol. The monoisotopic (exact) mass is 370 g/mol. The number of aryl methyl sites for hydroxylation is 1. The Morgan fingerprint density at radius 3 is 2.44 bits per heavy atom. The van der Waals surface area contributed by atoms with E-state index in [-0.39, 0.29) is 11.9 Å². The predicted octanol–water partition coefficient (Wildman–Crippen LogP) is 5.30. The molecular formula is C23H30O4. The minimum Gasteiger partial charge on any atom is -0.465 e. The molecule has 0 spiro atoms. The van der Waals surface area contributed by atoms with Crippen LogP contribution in [0.3, 0.4) is 0 Å². The van der Waals surface area contributed by atoms with Crippen LogP contribution in [0.1, 0.15) is 80.8 Å². The second kappa shape index (κ2) is 7.87. The van der Waals surface area contributed by atoms with E-state index in [1.54, 1.807) is 6.07 Å². The third-order valence-corrected chi connectivity index (χ3v) is 6.03. The lowest BCUT2D eigenvalue weighted by molar-refractivity contribution is -0.134. The summed E-state index contributed by atoms with van der Waals surface area (Å²) in [7, 11) is 1.39. The van der Waals surface area contributed by atoms with Gasteiger partial charge in [-0.05, 0) is 79.5 Å². The molecule has 3 rings (SSSR count). The Balaban J connectivity index is 2.02. The Morgan fingerprint density at radius 1 is 1.11 bits per heavy atom. The van der Waals surface area contributed by atoms with Crippen molar-refractivity contribution in [1.29, 1.82) is 0 Å². The highest BCUT2D eigenvalue weighted by atomic mass is 16.5. The van der Waals surface area contributed by atoms with Gasteiger partial charge in [-0.2, -0.15) is 0 Å². The molecule has 2 aliphatic rings. The SMILES string of the molecule is COC(=O)c1ccc2c(c1)CCCC(C1CCC(C)(C)CC1)=C2OC(C)=O. The first-order chi connectivity index (χ1) is 12.8. The first-order valence-corrected chi connectivity index (χ1v) is 9.94. The molecule has 0 radical (unpaired) electrons. The van der Waals surface area contributed by atoms with Crippen LogP contribution >= 0.6 is 0 Å². The maximum atomic E-state index is 11.9. The second-order valence-electron chi connectivity index (χ2n) is 8.60. The van der Waals surface area contributed by atoms with Crippen LogP contribution < -0.4 is 0 Å². The molecule has 0 heterocycles. The average Bonchev–Trinajstić information content (AvgIpc) is 2.80. The van der Waals surface area contributed by atoms with Crippen LogP contribution in [0.15, 0.2) is 23.8 Å². The highest BCUT2D eigenvalue weighted by molar-refractivity contribution is 5.90. The molecule has 1 saturated carbocycles. The molecule has 4 heteroatoms. The largest absolute Gasteiger partial charge is 0.465 e. The van der Waals surface area contributed by atoms with Crippen molar-refractivity contribution < 1.29 is 19.1 Å². The zero-order valence-electron chi connectivity index (χ0n) is 16.9. The highest BCUT2D eigenvalue weighted by Gasteiger charge is 2.32. The molecular weight excluding hydrogens is 340 g/mol. The van der Waals surface area contributed by atoms with Crippen LogP contribution in [0, 0.1) is 11.3 Å². The van der Waals surface area contributed by atoms with Gasteiger partial charge in [0.1, 0.15) is 5.76 Å². The molecule has 0 saturated heterocycles. The molecule has 0 aliphatic heterocycles. The first-order valence-electron chi connectivity index (χ1n) is 9.94. The van der Waals surface area contributed by atoms with Gasteiger partial charge >= 0.3 is 11.9 Å². The molecule has 4 nitrogen and oxygen atoms in total. The van der Waals surface area contributed by atoms with Crippen LogP contribution in [0.2, 0.25) is 0 Å². The molecule has 1 fully saturated rings. The van der Waals surface area contributed by atoms with Crippen molar-refractivity contribution in [2.75, 3.05) is 7.11 Å². The van der Waals surface area contributed by atoms with Crippen molar-refractivity contribution in [1.82, 2.24) is 0 Å². The lowest BCUT2D eigenvalue weighted by Crippen LogP contribution is -2.23. The Hall–Kier alpha value is -2.10. The Labute approximate surface area is 161 Å². The molecule has 0 N–H and O–H groups in total. The fourth-order valence-corrected chi connectivity index (χ4v) is 4.42. The number of fused-ring (bicyclic) bond motifs is 1. The van der Waals surface area contributed by atoms with Crippen LogP contribution in [-0.2, 0) is 20.7 Å². The maximum absolute atomic E-state index is 11.9. The summed E-state index contributed by atoms with van der Waals surface area (Å²) in [5.41, 5.74) is 4.23. The highest BCUT2D eigenvalue weighted by Crippen LogP contribution is 2.45. The second-order valence-corrected chi connectivity index (χ2v) is 8.60. The number of carbonyl (C=O) groups excluding carboxylic acids is 2. The van der Waals surface area contributed by atoms with Gasteiger partial charge in [0, 0.05) is 12.5 Å². The quantitative estimate of drug-likeness (QED) is 0.678. The Morgan fingerprint density at radius 2 is 1.81 bits per heavy atom. The number of methoxy groups -OCH3 is 1. The van der Waals surface area contributed by atoms with Crippen molar-refractivity contribution in [3.05, 3.63) is 40.5 Å². The number of hydrogen-bond donors (Lipinski definition) is 0. The van der Waals surface area contributed by atoms with Gasteiger partial charge in [-0.3, -0.25) is 4.79 Å². The fourth-order valence-electron chi connectivity index (χ4n) is 4.42. The van der Waals surface area contributed by atoms with Crippen molar-refractivity contribution in [3.63, 3.8) is 0 Å². The van der Waals surface area contributed by atoms with Gasteiger partial charge in [-0.15, -0.1) is 0 Å². The minimum absolute atomic E-state index is 0.288. The summed E-state index contributed by atoms with van der Waals surface area (Å²) in [6.07, 6.45) is 7.48. The smallest absolute Gasteiger partial charge is 0.337 e. The number of ether oxygens (including phenoxy) is 2. The maximum Gasteiger partial charge on any atom is 0.337 e. The standard InChI is InChI=1S/C23H30O4/c1-15(24)27-21-19(16-10-12-23(2,3)13-11-16)7-5-6-17-14-18(22(25)26-4)8-9-20(17)21/h8-9,14,16H,5-7,10-13H2,1-4H3. The van der Waals surface area contributed by atoms with E-state index in [1.165, 1.54) is 32.4 Å². The van der Waals surface area contributed by atoms with Crippen LogP contribution in [0.4, 0.5) is 0 Å². The third-order valence-electron chi connectivity index (χ3n) is 6.03. The van der Waals surface area contributed by atoms with Crippen molar-refractivity contribution in [2.24, 2.45) is 11.3 Å². The van der Waals surface area contributed by atoms with E-state index < -0.39 is 0 Å². The molecule has 1 aromatic rings. The van der Waals surface area contributed by atoms with Gasteiger partial charge in [0.05, 0.1) is 12.7 Å². The van der Waals surface area contributed by atoms with Gasteiger partial charge in [-0.25, -0.2) is 4.79 Å². The number of esters is 2. The van der Waals surface area contributed by atoms with Gasteiger partial charge in [0.2, 0.25) is 0 Å². The molecule has 146 valence electrons. The lowest BCUT2D eigenvalue weighted by atomic mass is 9.70. The number of benzene rings is 1. The molecule has 27 heavy (non-hydrogen) atoms. The van der Waals surface area contributed by atoms with Crippen LogP contribution in [0.25, 0.3) is 5.76 Å². The molecule has 0 amide bonds. The van der Waals surface area contributed by atoms with E-state index in [4.69, 9.17) is 9.47 Å². The van der Waals surface area contributed by atoms with E-state index >= 15 is 0 Å². The van der Waals surface area contributed by atoms with Gasteiger partial charge in [0.15, 0.2) is 0 Å². The summed E-state index contributed by atoms with van der Waals surface area (Å²) < 4.78 is 10.6. The van der Waals surface area contributed by atoms with E-state index in [9.17, 15) is 9.59 Å². The topological polar surface area (TPSA) is 52.6 Å². The summed E-state index contributed by atoms with van der Waals surface area (Å²) >= 11 is 0. The van der Waals surface area contributed by atoms with E-state index in [1.807, 2.05) is 12.1 Å². The summed E-state index contributed by atoms with van der Waals surface area (Å²) in [5, 5.41) is 0. The van der Waals surface area contributed by atoms with E-state index in [0.717, 1.165) is 49.0 Å². The summed E-state index contributed by atoms with van der Waals surface area (Å²) in [5.74, 6) is 0.577. The molecule has 2 aliphatic carbocycles. The predicted molar refractivity (Wildman–Crippen MR) is 105 cm³/mol. The normalized spacial score (nSPS) is 19.9. The zero-order valence-corrected chi connectivity index (χ0v) is 16.9. The molecule has 1 aromatic carbocycles. The number of rotatable bonds is 3. The van der Waals surface area contributed by atoms with Crippen molar-refractivity contribution >= 4 is 17.7 Å². The number of hydrogen-bond acceptors (Lipinski definition) is 4.